The number of hydrogen-bond acceptors (Lipinski definition) is 7. The van der Waals surface area contributed by atoms with Crippen molar-refractivity contribution in [1.29, 1.82) is 0 Å². The number of urea groups is 1. The largest absolute Gasteiger partial charge is 0.475 e. The van der Waals surface area contributed by atoms with E-state index in [1.54, 1.807) is 13.2 Å². The van der Waals surface area contributed by atoms with Crippen molar-refractivity contribution in [1.82, 2.24) is 19.6 Å². The molecule has 0 spiro atoms. The molecule has 1 atom stereocenters. The summed E-state index contributed by atoms with van der Waals surface area (Å²) in [6, 6.07) is 2.57. The summed E-state index contributed by atoms with van der Waals surface area (Å²) in [7, 11) is 1.55. The topological polar surface area (TPSA) is 129 Å². The average Bonchev–Trinajstić information content (AvgIpc) is 3.06. The Morgan fingerprint density at radius 1 is 1.24 bits per heavy atom. The van der Waals surface area contributed by atoms with Crippen LogP contribution >= 0.6 is 23.2 Å². The number of aromatic nitrogens is 4. The summed E-state index contributed by atoms with van der Waals surface area (Å²) in [5.74, 6) is 0.202. The Hall–Kier alpha value is -2.66. The molecule has 10 nitrogen and oxygen atoms in total. The van der Waals surface area contributed by atoms with Crippen LogP contribution in [0.2, 0.25) is 10.2 Å². The van der Waals surface area contributed by atoms with Crippen molar-refractivity contribution in [2.24, 2.45) is 5.73 Å². The molecule has 3 aromatic rings. The van der Waals surface area contributed by atoms with Crippen LogP contribution in [0.1, 0.15) is 18.7 Å². The maximum atomic E-state index is 12.6. The second-order valence-corrected chi connectivity index (χ2v) is 6.72. The Balaban J connectivity index is 1.88. The number of methoxy groups -OCH3 is 1. The first-order chi connectivity index (χ1) is 13.9. The average molecular weight is 440 g/mol. The third-order valence-electron chi connectivity index (χ3n) is 3.90. The SMILES string of the molecule is CO[C@@H](C)c1c(NC(=O)Nc2cc(Cl)cnc2OCCN)cnc2cc(Cl)nn12. The number of ether oxygens (including phenoxy) is 2. The fourth-order valence-corrected chi connectivity index (χ4v) is 2.92. The smallest absolute Gasteiger partial charge is 0.323 e. The molecule has 0 aromatic carbocycles. The summed E-state index contributed by atoms with van der Waals surface area (Å²) < 4.78 is 12.4. The summed E-state index contributed by atoms with van der Waals surface area (Å²) in [4.78, 5) is 20.9. The van der Waals surface area contributed by atoms with E-state index in [0.29, 0.717) is 34.3 Å². The van der Waals surface area contributed by atoms with Crippen LogP contribution in [0.15, 0.2) is 24.5 Å². The summed E-state index contributed by atoms with van der Waals surface area (Å²) in [6.07, 6.45) is 2.51. The highest BCUT2D eigenvalue weighted by atomic mass is 35.5. The Bertz CT molecular complexity index is 1030. The van der Waals surface area contributed by atoms with Crippen molar-refractivity contribution in [2.45, 2.75) is 13.0 Å². The first-order valence-corrected chi connectivity index (χ1v) is 9.32. The van der Waals surface area contributed by atoms with Gasteiger partial charge in [0.2, 0.25) is 5.88 Å². The van der Waals surface area contributed by atoms with Crippen LogP contribution in [0.3, 0.4) is 0 Å². The predicted octanol–water partition coefficient (Wildman–Crippen LogP) is 3.12. The lowest BCUT2D eigenvalue weighted by atomic mass is 10.2. The highest BCUT2D eigenvalue weighted by molar-refractivity contribution is 6.31. The van der Waals surface area contributed by atoms with Crippen LogP contribution < -0.4 is 21.1 Å². The van der Waals surface area contributed by atoms with Crippen molar-refractivity contribution >= 4 is 46.3 Å². The molecule has 0 saturated carbocycles. The van der Waals surface area contributed by atoms with E-state index < -0.39 is 12.1 Å². The molecule has 0 unspecified atom stereocenters. The molecule has 2 amide bonds. The van der Waals surface area contributed by atoms with Gasteiger partial charge in [0.05, 0.1) is 28.7 Å². The molecule has 0 radical (unpaired) electrons. The number of nitrogens with one attached hydrogen (secondary N) is 2. The number of carbonyl (C=O) groups excluding carboxylic acids is 1. The number of hydrogen-bond donors (Lipinski definition) is 3. The summed E-state index contributed by atoms with van der Waals surface area (Å²) in [5, 5.41) is 10.2. The van der Waals surface area contributed by atoms with E-state index in [4.69, 9.17) is 38.4 Å². The van der Waals surface area contributed by atoms with Crippen molar-refractivity contribution in [3.63, 3.8) is 0 Å². The molecule has 12 heteroatoms. The number of pyridine rings is 1. The van der Waals surface area contributed by atoms with Crippen LogP contribution in [0.25, 0.3) is 5.65 Å². The highest BCUT2D eigenvalue weighted by Gasteiger charge is 2.19. The number of fused-ring (bicyclic) bond motifs is 1. The van der Waals surface area contributed by atoms with E-state index in [0.717, 1.165) is 0 Å². The van der Waals surface area contributed by atoms with E-state index >= 15 is 0 Å². The number of halogens is 2. The van der Waals surface area contributed by atoms with E-state index in [9.17, 15) is 4.79 Å². The zero-order chi connectivity index (χ0) is 21.0. The van der Waals surface area contributed by atoms with Gasteiger partial charge in [-0.25, -0.2) is 19.3 Å². The van der Waals surface area contributed by atoms with Crippen LogP contribution in [-0.4, -0.2) is 45.9 Å². The lowest BCUT2D eigenvalue weighted by molar-refractivity contribution is 0.114. The number of nitrogens with two attached hydrogens (primary N) is 1. The van der Waals surface area contributed by atoms with Gasteiger partial charge in [0, 0.05) is 25.9 Å². The van der Waals surface area contributed by atoms with Gasteiger partial charge in [0.1, 0.15) is 12.3 Å². The molecule has 0 aliphatic heterocycles. The van der Waals surface area contributed by atoms with Gasteiger partial charge in [-0.3, -0.25) is 0 Å². The molecular formula is C17H19Cl2N7O3. The van der Waals surface area contributed by atoms with Crippen molar-refractivity contribution in [2.75, 3.05) is 30.9 Å². The molecule has 0 bridgehead atoms. The molecule has 3 rings (SSSR count). The zero-order valence-corrected chi connectivity index (χ0v) is 17.2. The molecule has 29 heavy (non-hydrogen) atoms. The molecule has 3 heterocycles. The number of rotatable bonds is 7. The Kier molecular flexibility index (Phi) is 6.70. The Morgan fingerprint density at radius 3 is 2.72 bits per heavy atom. The number of carbonyl (C=O) groups is 1. The van der Waals surface area contributed by atoms with Gasteiger partial charge < -0.3 is 25.8 Å². The second-order valence-electron chi connectivity index (χ2n) is 5.89. The molecule has 4 N–H and O–H groups in total. The molecule has 0 saturated heterocycles. The van der Waals surface area contributed by atoms with Crippen LogP contribution in [0.5, 0.6) is 5.88 Å². The molecule has 0 fully saturated rings. The third-order valence-corrected chi connectivity index (χ3v) is 4.29. The second kappa shape index (κ2) is 9.23. The zero-order valence-electron chi connectivity index (χ0n) is 15.6. The predicted molar refractivity (Wildman–Crippen MR) is 110 cm³/mol. The lowest BCUT2D eigenvalue weighted by Gasteiger charge is -2.17. The first kappa shape index (κ1) is 21.1. The lowest BCUT2D eigenvalue weighted by Crippen LogP contribution is -2.23. The monoisotopic (exact) mass is 439 g/mol. The van der Waals surface area contributed by atoms with Gasteiger partial charge in [-0.1, -0.05) is 23.2 Å². The van der Waals surface area contributed by atoms with Crippen molar-refractivity contribution in [3.8, 4) is 5.88 Å². The number of amides is 2. The van der Waals surface area contributed by atoms with Crippen molar-refractivity contribution in [3.05, 3.63) is 40.4 Å². The minimum Gasteiger partial charge on any atom is -0.475 e. The summed E-state index contributed by atoms with van der Waals surface area (Å²) in [6.45, 7) is 2.35. The maximum absolute atomic E-state index is 12.6. The summed E-state index contributed by atoms with van der Waals surface area (Å²) >= 11 is 12.0. The quantitative estimate of drug-likeness (QED) is 0.515. The van der Waals surface area contributed by atoms with E-state index in [-0.39, 0.29) is 17.6 Å². The Morgan fingerprint density at radius 2 is 2.00 bits per heavy atom. The first-order valence-electron chi connectivity index (χ1n) is 8.56. The number of nitrogens with zero attached hydrogens (tertiary/aromatic N) is 4. The fraction of sp³-hybridized carbons (Fsp3) is 0.294. The van der Waals surface area contributed by atoms with E-state index in [1.807, 2.05) is 6.92 Å². The third kappa shape index (κ3) is 4.85. The Labute approximate surface area is 176 Å². The normalized spacial score (nSPS) is 12.0. The minimum atomic E-state index is -0.560. The van der Waals surface area contributed by atoms with E-state index in [2.05, 4.69) is 25.7 Å². The maximum Gasteiger partial charge on any atom is 0.323 e. The van der Waals surface area contributed by atoms with Gasteiger partial charge in [0.25, 0.3) is 0 Å². The molecule has 3 aromatic heterocycles. The van der Waals surface area contributed by atoms with Crippen LogP contribution in [0.4, 0.5) is 16.2 Å². The van der Waals surface area contributed by atoms with Gasteiger partial charge in [-0.2, -0.15) is 5.10 Å². The molecular weight excluding hydrogens is 421 g/mol. The van der Waals surface area contributed by atoms with Crippen molar-refractivity contribution < 1.29 is 14.3 Å². The van der Waals surface area contributed by atoms with Crippen LogP contribution in [-0.2, 0) is 4.74 Å². The highest BCUT2D eigenvalue weighted by Crippen LogP contribution is 2.28. The van der Waals surface area contributed by atoms with Gasteiger partial charge in [-0.15, -0.1) is 0 Å². The van der Waals surface area contributed by atoms with Gasteiger partial charge in [0.15, 0.2) is 10.8 Å². The standard InChI is InChI=1S/C17H19Cl2N7O3/c1-9(28-2)15-12(8-21-14-6-13(19)25-26(14)15)24-17(27)23-11-5-10(18)7-22-16(11)29-4-3-20/h5-9H,3-4,20H2,1-2H3,(H2,23,24,27)/t9-/m0/s1. The molecule has 0 aliphatic rings. The molecule has 154 valence electrons. The van der Waals surface area contributed by atoms with E-state index in [1.165, 1.54) is 23.0 Å². The van der Waals surface area contributed by atoms with Crippen LogP contribution in [0, 0.1) is 0 Å². The minimum absolute atomic E-state index is 0.202. The molecule has 0 aliphatic carbocycles. The number of anilines is 2. The van der Waals surface area contributed by atoms with Gasteiger partial charge in [-0.05, 0) is 13.0 Å². The van der Waals surface area contributed by atoms with Gasteiger partial charge >= 0.3 is 6.03 Å². The fourth-order valence-electron chi connectivity index (χ4n) is 2.59. The summed E-state index contributed by atoms with van der Waals surface area (Å²) in [5.41, 5.74) is 7.23.